The Balaban J connectivity index is 2.52. The standard InChI is InChI=1S/C22H26O4/c1-5-25-20(23)22(21(24)26-6-2)13-12-19(16(3)4)18(15-22)14-17-10-8-7-9-11-17/h7-12,14H,3,5-6,13,15H2,1-2,4H3/b18-14+. The zero-order chi connectivity index (χ0) is 19.2. The number of allylic oxidation sites excluding steroid dienone is 4. The van der Waals surface area contributed by atoms with E-state index in [-0.39, 0.29) is 26.1 Å². The summed E-state index contributed by atoms with van der Waals surface area (Å²) in [5.74, 6) is -1.07. The van der Waals surface area contributed by atoms with Gasteiger partial charge in [-0.15, -0.1) is 0 Å². The van der Waals surface area contributed by atoms with Crippen LogP contribution in [0.5, 0.6) is 0 Å². The molecule has 4 nitrogen and oxygen atoms in total. The predicted molar refractivity (Wildman–Crippen MR) is 102 cm³/mol. The van der Waals surface area contributed by atoms with E-state index < -0.39 is 17.4 Å². The average molecular weight is 354 g/mol. The number of benzene rings is 1. The second-order valence-corrected chi connectivity index (χ2v) is 6.38. The Kier molecular flexibility index (Phi) is 6.56. The second-order valence-electron chi connectivity index (χ2n) is 6.38. The van der Waals surface area contributed by atoms with E-state index in [9.17, 15) is 9.59 Å². The van der Waals surface area contributed by atoms with Gasteiger partial charge in [0.25, 0.3) is 0 Å². The third kappa shape index (κ3) is 4.13. The van der Waals surface area contributed by atoms with E-state index in [0.29, 0.717) is 0 Å². The molecule has 138 valence electrons. The first-order valence-electron chi connectivity index (χ1n) is 8.91. The lowest BCUT2D eigenvalue weighted by atomic mass is 9.71. The van der Waals surface area contributed by atoms with E-state index in [1.807, 2.05) is 49.4 Å². The predicted octanol–water partition coefficient (Wildman–Crippen LogP) is 4.48. The summed E-state index contributed by atoms with van der Waals surface area (Å²) in [6.45, 7) is 9.86. The average Bonchev–Trinajstić information content (AvgIpc) is 2.62. The van der Waals surface area contributed by atoms with Crippen LogP contribution in [0.1, 0.15) is 39.2 Å². The molecule has 0 bridgehead atoms. The molecule has 0 saturated carbocycles. The number of carbonyl (C=O) groups excluding carboxylic acids is 2. The quantitative estimate of drug-likeness (QED) is 0.558. The summed E-state index contributed by atoms with van der Waals surface area (Å²) in [5.41, 5.74) is 2.41. The fourth-order valence-corrected chi connectivity index (χ4v) is 3.16. The number of hydrogen-bond donors (Lipinski definition) is 0. The highest BCUT2D eigenvalue weighted by Crippen LogP contribution is 2.43. The van der Waals surface area contributed by atoms with E-state index in [1.165, 1.54) is 0 Å². The molecule has 1 aromatic rings. The van der Waals surface area contributed by atoms with Crippen LogP contribution in [0.2, 0.25) is 0 Å². The Bertz CT molecular complexity index is 723. The monoisotopic (exact) mass is 354 g/mol. The van der Waals surface area contributed by atoms with Crippen molar-refractivity contribution in [1.29, 1.82) is 0 Å². The minimum absolute atomic E-state index is 0.217. The first kappa shape index (κ1) is 19.7. The molecule has 4 heteroatoms. The van der Waals surface area contributed by atoms with Crippen molar-refractivity contribution in [3.05, 3.63) is 65.3 Å². The summed E-state index contributed by atoms with van der Waals surface area (Å²) in [7, 11) is 0. The Morgan fingerprint density at radius 1 is 1.12 bits per heavy atom. The molecule has 1 aromatic carbocycles. The van der Waals surface area contributed by atoms with Crippen molar-refractivity contribution in [2.24, 2.45) is 5.41 Å². The first-order valence-corrected chi connectivity index (χ1v) is 8.91. The highest BCUT2D eigenvalue weighted by Gasteiger charge is 2.50. The maximum absolute atomic E-state index is 12.7. The summed E-state index contributed by atoms with van der Waals surface area (Å²) in [6.07, 6.45) is 4.37. The molecule has 0 atom stereocenters. The molecule has 0 N–H and O–H groups in total. The van der Waals surface area contributed by atoms with Gasteiger partial charge in [-0.3, -0.25) is 9.59 Å². The maximum atomic E-state index is 12.7. The van der Waals surface area contributed by atoms with Crippen LogP contribution >= 0.6 is 0 Å². The van der Waals surface area contributed by atoms with Crippen LogP contribution in [-0.2, 0) is 19.1 Å². The van der Waals surface area contributed by atoms with E-state index >= 15 is 0 Å². The molecule has 0 aliphatic heterocycles. The Morgan fingerprint density at radius 2 is 1.69 bits per heavy atom. The Hall–Kier alpha value is -2.62. The van der Waals surface area contributed by atoms with Gasteiger partial charge < -0.3 is 9.47 Å². The zero-order valence-electron chi connectivity index (χ0n) is 15.7. The van der Waals surface area contributed by atoms with Crippen LogP contribution in [0, 0.1) is 5.41 Å². The normalized spacial score (nSPS) is 17.3. The molecule has 0 saturated heterocycles. The summed E-state index contributed by atoms with van der Waals surface area (Å²) in [6, 6.07) is 9.80. The molecular weight excluding hydrogens is 328 g/mol. The van der Waals surface area contributed by atoms with E-state index in [1.54, 1.807) is 13.8 Å². The van der Waals surface area contributed by atoms with E-state index in [4.69, 9.17) is 9.47 Å². The molecule has 0 spiro atoms. The van der Waals surface area contributed by atoms with Crippen LogP contribution in [0.15, 0.2) is 59.7 Å². The minimum Gasteiger partial charge on any atom is -0.465 e. The van der Waals surface area contributed by atoms with Crippen LogP contribution in [0.25, 0.3) is 6.08 Å². The summed E-state index contributed by atoms with van der Waals surface area (Å²) < 4.78 is 10.5. The van der Waals surface area contributed by atoms with Gasteiger partial charge in [-0.05, 0) is 43.9 Å². The Labute approximate surface area is 155 Å². The molecule has 2 rings (SSSR count). The molecule has 0 amide bonds. The minimum atomic E-state index is -1.34. The van der Waals surface area contributed by atoms with E-state index in [0.717, 1.165) is 22.3 Å². The molecule has 0 radical (unpaired) electrons. The fourth-order valence-electron chi connectivity index (χ4n) is 3.16. The molecule has 26 heavy (non-hydrogen) atoms. The molecule has 0 unspecified atom stereocenters. The topological polar surface area (TPSA) is 52.6 Å². The number of esters is 2. The van der Waals surface area contributed by atoms with Crippen LogP contribution in [0.4, 0.5) is 0 Å². The van der Waals surface area contributed by atoms with Gasteiger partial charge in [-0.1, -0.05) is 54.6 Å². The second kappa shape index (κ2) is 8.65. The van der Waals surface area contributed by atoms with Gasteiger partial charge in [0.15, 0.2) is 5.41 Å². The molecular formula is C22H26O4. The molecule has 0 aromatic heterocycles. The molecule has 0 heterocycles. The lowest BCUT2D eigenvalue weighted by Gasteiger charge is -2.33. The van der Waals surface area contributed by atoms with Gasteiger partial charge in [0.05, 0.1) is 13.2 Å². The van der Waals surface area contributed by atoms with Crippen LogP contribution < -0.4 is 0 Å². The van der Waals surface area contributed by atoms with Gasteiger partial charge >= 0.3 is 11.9 Å². The zero-order valence-corrected chi connectivity index (χ0v) is 15.7. The summed E-state index contributed by atoms with van der Waals surface area (Å²) in [4.78, 5) is 25.4. The SMILES string of the molecule is C=C(C)C1=CCC(C(=O)OCC)(C(=O)OCC)C/C1=C\c1ccccc1. The highest BCUT2D eigenvalue weighted by molar-refractivity contribution is 6.01. The Morgan fingerprint density at radius 3 is 2.19 bits per heavy atom. The number of carbonyl (C=O) groups is 2. The lowest BCUT2D eigenvalue weighted by molar-refractivity contribution is -0.172. The van der Waals surface area contributed by atoms with Crippen LogP contribution in [-0.4, -0.2) is 25.2 Å². The van der Waals surface area contributed by atoms with Gasteiger partial charge in [0.2, 0.25) is 0 Å². The van der Waals surface area contributed by atoms with Crippen molar-refractivity contribution in [1.82, 2.24) is 0 Å². The fraction of sp³-hybridized carbons (Fsp3) is 0.364. The third-order valence-electron chi connectivity index (χ3n) is 4.43. The highest BCUT2D eigenvalue weighted by atomic mass is 16.6. The van der Waals surface area contributed by atoms with Crippen molar-refractivity contribution in [2.45, 2.75) is 33.6 Å². The van der Waals surface area contributed by atoms with E-state index in [2.05, 4.69) is 6.58 Å². The smallest absolute Gasteiger partial charge is 0.324 e. The number of rotatable bonds is 6. The molecule has 0 fully saturated rings. The van der Waals surface area contributed by atoms with Crippen LogP contribution in [0.3, 0.4) is 0 Å². The van der Waals surface area contributed by atoms with Crippen molar-refractivity contribution in [3.8, 4) is 0 Å². The summed E-state index contributed by atoms with van der Waals surface area (Å²) in [5, 5.41) is 0. The maximum Gasteiger partial charge on any atom is 0.324 e. The van der Waals surface area contributed by atoms with Crippen molar-refractivity contribution < 1.29 is 19.1 Å². The van der Waals surface area contributed by atoms with Gasteiger partial charge in [-0.2, -0.15) is 0 Å². The first-order chi connectivity index (χ1) is 12.4. The third-order valence-corrected chi connectivity index (χ3v) is 4.43. The van der Waals surface area contributed by atoms with Gasteiger partial charge in [-0.25, -0.2) is 0 Å². The van der Waals surface area contributed by atoms with Crippen molar-refractivity contribution in [2.75, 3.05) is 13.2 Å². The molecule has 1 aliphatic carbocycles. The number of hydrogen-bond acceptors (Lipinski definition) is 4. The lowest BCUT2D eigenvalue weighted by Crippen LogP contribution is -2.43. The van der Waals surface area contributed by atoms with Crippen molar-refractivity contribution >= 4 is 18.0 Å². The van der Waals surface area contributed by atoms with Crippen molar-refractivity contribution in [3.63, 3.8) is 0 Å². The van der Waals surface area contributed by atoms with Gasteiger partial charge in [0, 0.05) is 6.42 Å². The summed E-state index contributed by atoms with van der Waals surface area (Å²) >= 11 is 0. The number of ether oxygens (including phenoxy) is 2. The largest absolute Gasteiger partial charge is 0.465 e. The molecule has 1 aliphatic rings. The van der Waals surface area contributed by atoms with Gasteiger partial charge in [0.1, 0.15) is 0 Å².